The summed E-state index contributed by atoms with van der Waals surface area (Å²) < 4.78 is 5.69. The number of ether oxygens (including phenoxy) is 1. The number of carbonyl (C=O) groups excluding carboxylic acids is 2. The highest BCUT2D eigenvalue weighted by Gasteiger charge is 2.38. The number of hydrogen-bond donors (Lipinski definition) is 0. The molecular formula is C16H16O3. The van der Waals surface area contributed by atoms with Crippen molar-refractivity contribution in [3.05, 3.63) is 46.0 Å². The van der Waals surface area contributed by atoms with Gasteiger partial charge in [0.2, 0.25) is 0 Å². The van der Waals surface area contributed by atoms with E-state index < -0.39 is 0 Å². The number of benzene rings is 1. The molecule has 0 spiro atoms. The van der Waals surface area contributed by atoms with Crippen molar-refractivity contribution in [2.45, 2.75) is 39.4 Å². The molecule has 19 heavy (non-hydrogen) atoms. The number of rotatable bonds is 0. The molecule has 3 rings (SSSR count). The molecule has 1 heterocycles. The number of Topliss-reactive ketones (excluding diaryl/α,β-unsaturated/α-hetero) is 2. The van der Waals surface area contributed by atoms with Gasteiger partial charge < -0.3 is 4.74 Å². The summed E-state index contributed by atoms with van der Waals surface area (Å²) in [5.41, 5.74) is 3.25. The third-order valence-corrected chi connectivity index (χ3v) is 3.84. The normalized spacial score (nSPS) is 26.3. The number of fused-ring (bicyclic) bond motifs is 1. The zero-order valence-corrected chi connectivity index (χ0v) is 11.3. The van der Waals surface area contributed by atoms with Gasteiger partial charge in [-0.25, -0.2) is 0 Å². The maximum absolute atomic E-state index is 12.6. The van der Waals surface area contributed by atoms with Gasteiger partial charge >= 0.3 is 0 Å². The summed E-state index contributed by atoms with van der Waals surface area (Å²) in [5, 5.41) is 0. The van der Waals surface area contributed by atoms with E-state index in [0.29, 0.717) is 28.7 Å². The van der Waals surface area contributed by atoms with Gasteiger partial charge in [-0.3, -0.25) is 9.59 Å². The fourth-order valence-electron chi connectivity index (χ4n) is 3.00. The molecule has 1 aliphatic heterocycles. The smallest absolute Gasteiger partial charge is 0.192 e. The first-order valence-electron chi connectivity index (χ1n) is 6.57. The van der Waals surface area contributed by atoms with Crippen LogP contribution in [-0.2, 0) is 4.74 Å². The average molecular weight is 256 g/mol. The number of hydrogen-bond acceptors (Lipinski definition) is 3. The zero-order chi connectivity index (χ0) is 13.7. The largest absolute Gasteiger partial charge is 0.370 e. The lowest BCUT2D eigenvalue weighted by atomic mass is 9.78. The quantitative estimate of drug-likeness (QED) is 0.717. The van der Waals surface area contributed by atoms with Gasteiger partial charge in [0.1, 0.15) is 0 Å². The highest BCUT2D eigenvalue weighted by molar-refractivity contribution is 6.27. The molecule has 0 amide bonds. The molecule has 0 bridgehead atoms. The molecule has 1 aliphatic carbocycles. The van der Waals surface area contributed by atoms with Gasteiger partial charge in [0.15, 0.2) is 11.6 Å². The Hall–Kier alpha value is -1.74. The Morgan fingerprint density at radius 1 is 1.11 bits per heavy atom. The monoisotopic (exact) mass is 256 g/mol. The summed E-state index contributed by atoms with van der Waals surface area (Å²) in [7, 11) is 0. The van der Waals surface area contributed by atoms with Crippen LogP contribution in [0.5, 0.6) is 0 Å². The van der Waals surface area contributed by atoms with Crippen molar-refractivity contribution in [1.82, 2.24) is 0 Å². The lowest BCUT2D eigenvalue weighted by Crippen LogP contribution is -2.36. The minimum Gasteiger partial charge on any atom is -0.370 e. The second kappa shape index (κ2) is 4.14. The van der Waals surface area contributed by atoms with Crippen molar-refractivity contribution in [3.8, 4) is 0 Å². The number of carbonyl (C=O) groups is 2. The first-order chi connectivity index (χ1) is 8.99. The Morgan fingerprint density at radius 3 is 2.58 bits per heavy atom. The van der Waals surface area contributed by atoms with E-state index in [2.05, 4.69) is 0 Å². The van der Waals surface area contributed by atoms with Gasteiger partial charge in [-0.15, -0.1) is 0 Å². The standard InChI is InChI=1S/C16H16O3/c1-8-4-5-11-12(6-8)16(18)14-10(3)19-9(2)7-13(14)15(11)17/h4-6,9-10H,7H2,1-3H3/t9-,10+/m0/s1. The minimum absolute atomic E-state index is 0.00778. The molecule has 2 atom stereocenters. The fraction of sp³-hybridized carbons (Fsp3) is 0.375. The highest BCUT2D eigenvalue weighted by atomic mass is 16.5. The van der Waals surface area contributed by atoms with E-state index in [1.54, 1.807) is 12.1 Å². The summed E-state index contributed by atoms with van der Waals surface area (Å²) in [5.74, 6) is -0.0562. The number of ketones is 2. The molecule has 0 N–H and O–H groups in total. The van der Waals surface area contributed by atoms with Crippen LogP contribution in [0.15, 0.2) is 29.3 Å². The van der Waals surface area contributed by atoms with E-state index >= 15 is 0 Å². The summed E-state index contributed by atoms with van der Waals surface area (Å²) in [6.45, 7) is 5.70. The fourth-order valence-corrected chi connectivity index (χ4v) is 3.00. The van der Waals surface area contributed by atoms with Crippen molar-refractivity contribution in [3.63, 3.8) is 0 Å². The zero-order valence-electron chi connectivity index (χ0n) is 11.3. The van der Waals surface area contributed by atoms with Crippen LogP contribution in [-0.4, -0.2) is 23.8 Å². The molecule has 3 heteroatoms. The molecule has 98 valence electrons. The number of aryl methyl sites for hydroxylation is 1. The lowest BCUT2D eigenvalue weighted by molar-refractivity contribution is 0.0149. The van der Waals surface area contributed by atoms with Crippen LogP contribution in [0.2, 0.25) is 0 Å². The molecule has 0 fully saturated rings. The molecule has 0 unspecified atom stereocenters. The topological polar surface area (TPSA) is 43.4 Å². The second-order valence-electron chi connectivity index (χ2n) is 5.39. The Balaban J connectivity index is 2.21. The average Bonchev–Trinajstić information content (AvgIpc) is 2.35. The predicted octanol–water partition coefficient (Wildman–Crippen LogP) is 2.87. The van der Waals surface area contributed by atoms with Gasteiger partial charge in [-0.2, -0.15) is 0 Å². The van der Waals surface area contributed by atoms with Gasteiger partial charge in [0, 0.05) is 28.7 Å². The molecule has 1 aromatic carbocycles. The lowest BCUT2D eigenvalue weighted by Gasteiger charge is -2.32. The highest BCUT2D eigenvalue weighted by Crippen LogP contribution is 2.35. The van der Waals surface area contributed by atoms with E-state index in [4.69, 9.17) is 4.74 Å². The van der Waals surface area contributed by atoms with Crippen molar-refractivity contribution in [2.75, 3.05) is 0 Å². The molecule has 0 radical (unpaired) electrons. The molecule has 0 aromatic heterocycles. The van der Waals surface area contributed by atoms with Crippen molar-refractivity contribution in [1.29, 1.82) is 0 Å². The van der Waals surface area contributed by atoms with Crippen LogP contribution in [0.3, 0.4) is 0 Å². The maximum atomic E-state index is 12.6. The summed E-state index contributed by atoms with van der Waals surface area (Å²) in [6.07, 6.45) is 0.207. The molecular weight excluding hydrogens is 240 g/mol. The van der Waals surface area contributed by atoms with Crippen molar-refractivity contribution >= 4 is 11.6 Å². The predicted molar refractivity (Wildman–Crippen MR) is 71.5 cm³/mol. The van der Waals surface area contributed by atoms with E-state index in [1.807, 2.05) is 26.8 Å². The van der Waals surface area contributed by atoms with Crippen LogP contribution >= 0.6 is 0 Å². The Bertz CT molecular complexity index is 625. The summed E-state index contributed by atoms with van der Waals surface area (Å²) in [4.78, 5) is 25.1. The van der Waals surface area contributed by atoms with Crippen LogP contribution in [0.1, 0.15) is 46.5 Å². The van der Waals surface area contributed by atoms with Crippen LogP contribution in [0.4, 0.5) is 0 Å². The van der Waals surface area contributed by atoms with E-state index in [1.165, 1.54) is 0 Å². The molecule has 2 aliphatic rings. The van der Waals surface area contributed by atoms with Gasteiger partial charge in [0.05, 0.1) is 12.2 Å². The van der Waals surface area contributed by atoms with E-state index in [-0.39, 0.29) is 23.8 Å². The molecule has 1 aromatic rings. The first kappa shape index (κ1) is 12.3. The third-order valence-electron chi connectivity index (χ3n) is 3.84. The Morgan fingerprint density at radius 2 is 1.84 bits per heavy atom. The van der Waals surface area contributed by atoms with Crippen LogP contribution in [0.25, 0.3) is 0 Å². The van der Waals surface area contributed by atoms with Crippen LogP contribution < -0.4 is 0 Å². The summed E-state index contributed by atoms with van der Waals surface area (Å²) >= 11 is 0. The SMILES string of the molecule is Cc1ccc2c(c1)C(=O)C1=C(C[C@H](C)O[C@@H]1C)C2=O. The summed E-state index contributed by atoms with van der Waals surface area (Å²) in [6, 6.07) is 5.44. The van der Waals surface area contributed by atoms with Crippen LogP contribution in [0, 0.1) is 6.92 Å². The molecule has 3 nitrogen and oxygen atoms in total. The first-order valence-corrected chi connectivity index (χ1v) is 6.57. The second-order valence-corrected chi connectivity index (χ2v) is 5.39. The van der Waals surface area contributed by atoms with Crippen molar-refractivity contribution in [2.24, 2.45) is 0 Å². The van der Waals surface area contributed by atoms with E-state index in [0.717, 1.165) is 5.56 Å². The Labute approximate surface area is 112 Å². The van der Waals surface area contributed by atoms with Gasteiger partial charge in [-0.1, -0.05) is 17.7 Å². The van der Waals surface area contributed by atoms with Gasteiger partial charge in [-0.05, 0) is 26.8 Å². The molecule has 0 saturated carbocycles. The van der Waals surface area contributed by atoms with Gasteiger partial charge in [0.25, 0.3) is 0 Å². The maximum Gasteiger partial charge on any atom is 0.192 e. The third kappa shape index (κ3) is 1.77. The van der Waals surface area contributed by atoms with Crippen molar-refractivity contribution < 1.29 is 14.3 Å². The minimum atomic E-state index is -0.302. The van der Waals surface area contributed by atoms with E-state index in [9.17, 15) is 9.59 Å². The Kier molecular flexibility index (Phi) is 2.68. The molecule has 0 saturated heterocycles.